The maximum absolute atomic E-state index is 12.6. The molecule has 0 aliphatic carbocycles. The Morgan fingerprint density at radius 2 is 2.04 bits per heavy atom. The minimum Gasteiger partial charge on any atom is -0.341 e. The third-order valence-electron chi connectivity index (χ3n) is 5.22. The zero-order valence-corrected chi connectivity index (χ0v) is 15.4. The van der Waals surface area contributed by atoms with Crippen LogP contribution in [0.5, 0.6) is 0 Å². The van der Waals surface area contributed by atoms with E-state index in [-0.39, 0.29) is 5.91 Å². The Hall–Kier alpha value is -3.18. The molecular weight excluding hydrogens is 342 g/mol. The predicted molar refractivity (Wildman–Crippen MR) is 103 cm³/mol. The molecule has 27 heavy (non-hydrogen) atoms. The Morgan fingerprint density at radius 1 is 1.26 bits per heavy atom. The molecule has 0 saturated carbocycles. The van der Waals surface area contributed by atoms with E-state index in [9.17, 15) is 4.79 Å². The summed E-state index contributed by atoms with van der Waals surface area (Å²) in [6.07, 6.45) is 3.67. The fraction of sp³-hybridized carbons (Fsp3) is 0.368. The summed E-state index contributed by atoms with van der Waals surface area (Å²) in [4.78, 5) is 26.0. The summed E-state index contributed by atoms with van der Waals surface area (Å²) < 4.78 is 0. The number of carbonyl (C=O) groups excluding carboxylic acids is 1. The highest BCUT2D eigenvalue weighted by molar-refractivity contribution is 6.11. The summed E-state index contributed by atoms with van der Waals surface area (Å²) in [5.74, 6) is 0.779. The van der Waals surface area contributed by atoms with Gasteiger partial charge in [0.05, 0.1) is 23.0 Å². The van der Waals surface area contributed by atoms with Gasteiger partial charge in [-0.05, 0) is 51.2 Å². The van der Waals surface area contributed by atoms with Crippen molar-refractivity contribution in [3.8, 4) is 6.07 Å². The van der Waals surface area contributed by atoms with Gasteiger partial charge in [0.15, 0.2) is 0 Å². The van der Waals surface area contributed by atoms with Gasteiger partial charge in [0.25, 0.3) is 5.91 Å². The van der Waals surface area contributed by atoms with Crippen LogP contribution in [0.15, 0.2) is 24.4 Å². The number of piperidine rings is 1. The number of nitrogens with zero attached hydrogens (tertiary/aromatic N) is 5. The Kier molecular flexibility index (Phi) is 4.38. The first-order valence-corrected chi connectivity index (χ1v) is 8.96. The molecule has 1 aromatic heterocycles. The highest BCUT2D eigenvalue weighted by Gasteiger charge is 2.25. The maximum atomic E-state index is 12.6. The van der Waals surface area contributed by atoms with Crippen molar-refractivity contribution in [3.63, 3.8) is 0 Å². The third-order valence-corrected chi connectivity index (χ3v) is 5.22. The number of nitrogens with one attached hydrogen (secondary N) is 2. The third kappa shape index (κ3) is 3.29. The van der Waals surface area contributed by atoms with E-state index >= 15 is 0 Å². The molecule has 4 rings (SSSR count). The lowest BCUT2D eigenvalue weighted by Gasteiger charge is -2.35. The van der Waals surface area contributed by atoms with Crippen molar-refractivity contribution in [2.24, 2.45) is 0 Å². The number of rotatable bonds is 2. The van der Waals surface area contributed by atoms with Gasteiger partial charge in [-0.1, -0.05) is 0 Å². The second kappa shape index (κ2) is 6.85. The average Bonchev–Trinajstić information content (AvgIpc) is 2.82. The zero-order chi connectivity index (χ0) is 19.0. The lowest BCUT2D eigenvalue weighted by molar-refractivity contribution is 0.102. The van der Waals surface area contributed by atoms with Crippen LogP contribution in [0.3, 0.4) is 0 Å². The largest absolute Gasteiger partial charge is 0.341 e. The van der Waals surface area contributed by atoms with Crippen LogP contribution in [-0.4, -0.2) is 54.0 Å². The van der Waals surface area contributed by atoms with Gasteiger partial charge in [-0.15, -0.1) is 0 Å². The first kappa shape index (κ1) is 17.2. The van der Waals surface area contributed by atoms with Crippen LogP contribution in [0.4, 0.5) is 23.1 Å². The highest BCUT2D eigenvalue weighted by atomic mass is 16.1. The van der Waals surface area contributed by atoms with Gasteiger partial charge in [-0.25, -0.2) is 4.98 Å². The molecule has 2 aliphatic rings. The van der Waals surface area contributed by atoms with Crippen molar-refractivity contribution >= 4 is 29.0 Å². The number of likely N-dealkylation sites (tertiary alicyclic amines) is 1. The van der Waals surface area contributed by atoms with E-state index in [1.54, 1.807) is 24.4 Å². The van der Waals surface area contributed by atoms with E-state index in [4.69, 9.17) is 5.26 Å². The Labute approximate surface area is 157 Å². The summed E-state index contributed by atoms with van der Waals surface area (Å²) in [6.45, 7) is 2.10. The van der Waals surface area contributed by atoms with E-state index < -0.39 is 0 Å². The number of hydrogen-bond acceptors (Lipinski definition) is 7. The molecular formula is C19H21N7O. The van der Waals surface area contributed by atoms with Gasteiger partial charge in [0, 0.05) is 19.3 Å². The molecule has 8 heteroatoms. The van der Waals surface area contributed by atoms with Gasteiger partial charge < -0.3 is 20.4 Å². The van der Waals surface area contributed by atoms with Crippen molar-refractivity contribution in [1.29, 1.82) is 5.26 Å². The molecule has 0 spiro atoms. The first-order chi connectivity index (χ1) is 13.0. The summed E-state index contributed by atoms with van der Waals surface area (Å²) >= 11 is 0. The van der Waals surface area contributed by atoms with E-state index in [2.05, 4.69) is 43.5 Å². The Balaban J connectivity index is 1.64. The molecule has 0 atom stereocenters. The van der Waals surface area contributed by atoms with Crippen molar-refractivity contribution in [3.05, 3.63) is 35.5 Å². The second-order valence-corrected chi connectivity index (χ2v) is 7.03. The molecule has 0 bridgehead atoms. The monoisotopic (exact) mass is 363 g/mol. The van der Waals surface area contributed by atoms with Crippen molar-refractivity contribution in [2.75, 3.05) is 42.7 Å². The van der Waals surface area contributed by atoms with Crippen molar-refractivity contribution in [2.45, 2.75) is 18.9 Å². The van der Waals surface area contributed by atoms with E-state index in [1.165, 1.54) is 0 Å². The number of amides is 1. The standard InChI is InChI=1S/C19H21N7O/c1-25-7-5-13(6-8-25)26(2)19-21-11-14-17(24-19)22-15-4-3-12(10-20)9-16(15)23-18(14)27/h3-4,9,11,13H,5-8H2,1-2H3,(H,23,27)(H,21,22,24). The topological polar surface area (TPSA) is 97.2 Å². The van der Waals surface area contributed by atoms with E-state index in [0.717, 1.165) is 25.9 Å². The molecule has 2 aromatic rings. The lowest BCUT2D eigenvalue weighted by atomic mass is 10.0. The van der Waals surface area contributed by atoms with Crippen LogP contribution in [0.2, 0.25) is 0 Å². The number of anilines is 4. The molecule has 1 amide bonds. The van der Waals surface area contributed by atoms with Gasteiger partial charge in [0.1, 0.15) is 11.4 Å². The van der Waals surface area contributed by atoms with Crippen LogP contribution in [0.1, 0.15) is 28.8 Å². The highest BCUT2D eigenvalue weighted by Crippen LogP contribution is 2.32. The quantitative estimate of drug-likeness (QED) is 0.844. The van der Waals surface area contributed by atoms with Crippen molar-refractivity contribution < 1.29 is 4.79 Å². The minimum atomic E-state index is -0.292. The van der Waals surface area contributed by atoms with Crippen LogP contribution >= 0.6 is 0 Å². The number of aromatic nitrogens is 2. The summed E-state index contributed by atoms with van der Waals surface area (Å²) in [6, 6.07) is 7.58. The number of fused-ring (bicyclic) bond motifs is 2. The first-order valence-electron chi connectivity index (χ1n) is 8.96. The number of hydrogen-bond donors (Lipinski definition) is 2. The Morgan fingerprint density at radius 3 is 2.78 bits per heavy atom. The maximum Gasteiger partial charge on any atom is 0.261 e. The molecule has 1 saturated heterocycles. The molecule has 0 unspecified atom stereocenters. The fourth-order valence-electron chi connectivity index (χ4n) is 3.49. The number of benzene rings is 1. The molecule has 0 radical (unpaired) electrons. The molecule has 1 aromatic carbocycles. The Bertz CT molecular complexity index is 928. The van der Waals surface area contributed by atoms with E-state index in [0.29, 0.717) is 40.3 Å². The van der Waals surface area contributed by atoms with Crippen LogP contribution in [-0.2, 0) is 0 Å². The average molecular weight is 363 g/mol. The zero-order valence-electron chi connectivity index (χ0n) is 15.4. The fourth-order valence-corrected chi connectivity index (χ4v) is 3.49. The summed E-state index contributed by atoms with van der Waals surface area (Å²) in [7, 11) is 4.13. The smallest absolute Gasteiger partial charge is 0.261 e. The van der Waals surface area contributed by atoms with E-state index in [1.807, 2.05) is 7.05 Å². The molecule has 2 N–H and O–H groups in total. The molecule has 2 aliphatic heterocycles. The SMILES string of the molecule is CN1CCC(N(C)c2ncc3c(n2)Nc2ccc(C#N)cc2NC3=O)CC1. The molecule has 138 valence electrons. The minimum absolute atomic E-state index is 0.292. The summed E-state index contributed by atoms with van der Waals surface area (Å²) in [5.41, 5.74) is 2.12. The van der Waals surface area contributed by atoms with Gasteiger partial charge in [-0.2, -0.15) is 10.2 Å². The molecule has 8 nitrogen and oxygen atoms in total. The van der Waals surface area contributed by atoms with Crippen LogP contribution in [0.25, 0.3) is 0 Å². The lowest BCUT2D eigenvalue weighted by Crippen LogP contribution is -2.42. The second-order valence-electron chi connectivity index (χ2n) is 7.03. The van der Waals surface area contributed by atoms with Gasteiger partial charge in [0.2, 0.25) is 5.95 Å². The predicted octanol–water partition coefficient (Wildman–Crippen LogP) is 2.19. The number of carbonyl (C=O) groups is 1. The number of nitriles is 1. The van der Waals surface area contributed by atoms with Crippen molar-refractivity contribution in [1.82, 2.24) is 14.9 Å². The van der Waals surface area contributed by atoms with Gasteiger partial charge in [-0.3, -0.25) is 4.79 Å². The van der Waals surface area contributed by atoms with Gasteiger partial charge >= 0.3 is 0 Å². The molecule has 1 fully saturated rings. The summed E-state index contributed by atoms with van der Waals surface area (Å²) in [5, 5.41) is 15.1. The normalized spacial score (nSPS) is 17.0. The van der Waals surface area contributed by atoms with Crippen LogP contribution < -0.4 is 15.5 Å². The molecule has 3 heterocycles. The van der Waals surface area contributed by atoms with Crippen LogP contribution in [0, 0.1) is 11.3 Å².